The van der Waals surface area contributed by atoms with Crippen LogP contribution >= 0.6 is 0 Å². The van der Waals surface area contributed by atoms with Crippen molar-refractivity contribution in [1.82, 2.24) is 0 Å². The second kappa shape index (κ2) is 18.4. The van der Waals surface area contributed by atoms with Gasteiger partial charge in [-0.2, -0.15) is 0 Å². The van der Waals surface area contributed by atoms with E-state index in [4.69, 9.17) is 8.85 Å². The van der Waals surface area contributed by atoms with Crippen LogP contribution in [0.3, 0.4) is 0 Å². The van der Waals surface area contributed by atoms with Crippen LogP contribution in [-0.2, 0) is 8.85 Å². The minimum absolute atomic E-state index is 0.235. The summed E-state index contributed by atoms with van der Waals surface area (Å²) in [7, 11) is -3.58. The Morgan fingerprint density at radius 2 is 0.919 bits per heavy atom. The van der Waals surface area contributed by atoms with Gasteiger partial charge in [0.05, 0.1) is 0 Å². The van der Waals surface area contributed by atoms with E-state index in [9.17, 15) is 0 Å². The molecule has 0 aliphatic rings. The Morgan fingerprint density at radius 1 is 0.568 bits per heavy atom. The molecule has 0 aromatic rings. The van der Waals surface area contributed by atoms with Crippen molar-refractivity contribution >= 4 is 16.6 Å². The van der Waals surface area contributed by atoms with Gasteiger partial charge in [0.2, 0.25) is 0 Å². The molecular weight excluding hydrogens is 485 g/mol. The van der Waals surface area contributed by atoms with E-state index in [-0.39, 0.29) is 16.2 Å². The predicted octanol–water partition coefficient (Wildman–Crippen LogP) is 12.2. The van der Waals surface area contributed by atoms with Gasteiger partial charge in [-0.05, 0) is 61.9 Å². The van der Waals surface area contributed by atoms with Gasteiger partial charge in [0.1, 0.15) is 0 Å². The van der Waals surface area contributed by atoms with Crippen molar-refractivity contribution in [3.8, 4) is 0 Å². The molecule has 0 rings (SSSR count). The van der Waals surface area contributed by atoms with Crippen LogP contribution in [0.1, 0.15) is 151 Å². The average Bonchev–Trinajstić information content (AvgIpc) is 2.76. The first-order valence-corrected chi connectivity index (χ1v) is 21.9. The monoisotopic (exact) mass is 554 g/mol. The Bertz CT molecular complexity index is 572. The third-order valence-corrected chi connectivity index (χ3v) is 18.2. The van der Waals surface area contributed by atoms with Crippen LogP contribution < -0.4 is 0 Å². The van der Waals surface area contributed by atoms with Crippen LogP contribution in [0.2, 0.25) is 36.3 Å². The fraction of sp³-hybridized carbons (Fsp3) is 0.939. The lowest BCUT2D eigenvalue weighted by Gasteiger charge is -2.41. The highest BCUT2D eigenvalue weighted by Gasteiger charge is 2.40. The normalized spacial score (nSPS) is 15.1. The van der Waals surface area contributed by atoms with Gasteiger partial charge in [-0.3, -0.25) is 0 Å². The molecule has 2 nitrogen and oxygen atoms in total. The van der Waals surface area contributed by atoms with Gasteiger partial charge in [0, 0.05) is 12.2 Å². The summed E-state index contributed by atoms with van der Waals surface area (Å²) in [6, 6.07) is 0. The molecular formula is C33H70O2Si2. The largest absolute Gasteiger partial charge is 0.414 e. The standard InChI is InChI=1S/C33H70O2Si2/c1-13-15-16-17-18-19-20-21-22-23-24-25-27-31(35-37(11,12)33(6,7)8)29-28-30(26-14-2)34-36(9,10)32(3,4)5/h14,30-31H,2,13,15-29H2,1,3-12H3/t30-,31+/m1/s1. The number of hydrogen-bond donors (Lipinski definition) is 0. The van der Waals surface area contributed by atoms with Gasteiger partial charge in [0.25, 0.3) is 0 Å². The minimum Gasteiger partial charge on any atom is -0.414 e. The molecule has 0 bridgehead atoms. The Balaban J connectivity index is 4.73. The van der Waals surface area contributed by atoms with E-state index in [1.165, 1.54) is 83.5 Å². The van der Waals surface area contributed by atoms with Crippen molar-refractivity contribution in [3.63, 3.8) is 0 Å². The molecule has 0 radical (unpaired) electrons. The first kappa shape index (κ1) is 37.1. The van der Waals surface area contributed by atoms with Crippen molar-refractivity contribution in [2.75, 3.05) is 0 Å². The molecule has 0 aliphatic carbocycles. The van der Waals surface area contributed by atoms with Crippen LogP contribution in [-0.4, -0.2) is 28.8 Å². The molecule has 0 unspecified atom stereocenters. The molecule has 0 fully saturated rings. The predicted molar refractivity (Wildman–Crippen MR) is 174 cm³/mol. The summed E-state index contributed by atoms with van der Waals surface area (Å²) in [6.07, 6.45) is 23.8. The van der Waals surface area contributed by atoms with Crippen molar-refractivity contribution in [1.29, 1.82) is 0 Å². The first-order chi connectivity index (χ1) is 17.1. The summed E-state index contributed by atoms with van der Waals surface area (Å²) in [6.45, 7) is 30.0. The van der Waals surface area contributed by atoms with Crippen LogP contribution in [0, 0.1) is 0 Å². The molecule has 0 N–H and O–H groups in total. The Hall–Kier alpha value is 0.0938. The highest BCUT2D eigenvalue weighted by Crippen LogP contribution is 2.40. The maximum atomic E-state index is 7.00. The zero-order chi connectivity index (χ0) is 28.6. The Labute approximate surface area is 237 Å². The second-order valence-corrected chi connectivity index (χ2v) is 24.3. The maximum Gasteiger partial charge on any atom is 0.192 e. The fourth-order valence-corrected chi connectivity index (χ4v) is 7.27. The van der Waals surface area contributed by atoms with E-state index >= 15 is 0 Å². The zero-order valence-corrected chi connectivity index (χ0v) is 29.6. The third-order valence-electron chi connectivity index (χ3n) is 9.15. The Morgan fingerprint density at radius 3 is 1.30 bits per heavy atom. The third kappa shape index (κ3) is 16.7. The van der Waals surface area contributed by atoms with Crippen molar-refractivity contribution in [2.24, 2.45) is 0 Å². The zero-order valence-electron chi connectivity index (χ0n) is 27.6. The van der Waals surface area contributed by atoms with Crippen LogP contribution in [0.25, 0.3) is 0 Å². The second-order valence-electron chi connectivity index (χ2n) is 14.8. The summed E-state index contributed by atoms with van der Waals surface area (Å²) in [5.41, 5.74) is 0. The highest BCUT2D eigenvalue weighted by atomic mass is 28.4. The molecule has 0 saturated heterocycles. The molecule has 37 heavy (non-hydrogen) atoms. The molecule has 0 amide bonds. The first-order valence-electron chi connectivity index (χ1n) is 16.0. The van der Waals surface area contributed by atoms with Crippen molar-refractivity contribution in [3.05, 3.63) is 12.7 Å². The molecule has 0 aromatic carbocycles. The molecule has 222 valence electrons. The van der Waals surface area contributed by atoms with Gasteiger partial charge in [0.15, 0.2) is 16.6 Å². The summed E-state index contributed by atoms with van der Waals surface area (Å²) < 4.78 is 13.8. The van der Waals surface area contributed by atoms with Gasteiger partial charge >= 0.3 is 0 Å². The van der Waals surface area contributed by atoms with Gasteiger partial charge in [-0.25, -0.2) is 0 Å². The van der Waals surface area contributed by atoms with E-state index in [2.05, 4.69) is 81.2 Å². The van der Waals surface area contributed by atoms with Gasteiger partial charge in [-0.15, -0.1) is 6.58 Å². The number of unbranched alkanes of at least 4 members (excludes halogenated alkanes) is 11. The molecule has 4 heteroatoms. The lowest BCUT2D eigenvalue weighted by atomic mass is 10.0. The Kier molecular flexibility index (Phi) is 18.5. The summed E-state index contributed by atoms with van der Waals surface area (Å²) in [4.78, 5) is 0. The lowest BCUT2D eigenvalue weighted by molar-refractivity contribution is 0.117. The SMILES string of the molecule is C=CC[C@H](CC[C@H](CCCCCCCCCCCCCC)O[Si](C)(C)C(C)(C)C)O[Si](C)(C)C(C)(C)C. The van der Waals surface area contributed by atoms with E-state index in [1.54, 1.807) is 0 Å². The lowest BCUT2D eigenvalue weighted by Crippen LogP contribution is -2.45. The highest BCUT2D eigenvalue weighted by molar-refractivity contribution is 6.74. The molecule has 0 spiro atoms. The number of hydrogen-bond acceptors (Lipinski definition) is 2. The molecule has 0 aromatic heterocycles. The maximum absolute atomic E-state index is 7.00. The van der Waals surface area contributed by atoms with E-state index < -0.39 is 16.6 Å². The van der Waals surface area contributed by atoms with E-state index in [0.717, 1.165) is 19.3 Å². The number of rotatable bonds is 22. The minimum atomic E-state index is -1.79. The smallest absolute Gasteiger partial charge is 0.192 e. The van der Waals surface area contributed by atoms with Gasteiger partial charge < -0.3 is 8.85 Å². The summed E-state index contributed by atoms with van der Waals surface area (Å²) in [5, 5.41) is 0.485. The topological polar surface area (TPSA) is 18.5 Å². The summed E-state index contributed by atoms with van der Waals surface area (Å²) >= 11 is 0. The van der Waals surface area contributed by atoms with Gasteiger partial charge in [-0.1, -0.05) is 132 Å². The van der Waals surface area contributed by atoms with Crippen LogP contribution in [0.4, 0.5) is 0 Å². The van der Waals surface area contributed by atoms with E-state index in [0.29, 0.717) is 6.10 Å². The molecule has 0 saturated carbocycles. The van der Waals surface area contributed by atoms with Crippen molar-refractivity contribution < 1.29 is 8.85 Å². The molecule has 0 aliphatic heterocycles. The molecule has 2 atom stereocenters. The van der Waals surface area contributed by atoms with Crippen molar-refractivity contribution in [2.45, 2.75) is 200 Å². The average molecular weight is 555 g/mol. The molecule has 0 heterocycles. The van der Waals surface area contributed by atoms with Crippen LogP contribution in [0.5, 0.6) is 0 Å². The van der Waals surface area contributed by atoms with Crippen LogP contribution in [0.15, 0.2) is 12.7 Å². The van der Waals surface area contributed by atoms with E-state index in [1.807, 2.05) is 6.08 Å². The fourth-order valence-electron chi connectivity index (χ4n) is 4.44. The quantitative estimate of drug-likeness (QED) is 0.0752. The summed E-state index contributed by atoms with van der Waals surface area (Å²) in [5.74, 6) is 0.